The van der Waals surface area contributed by atoms with E-state index in [2.05, 4.69) is 11.1 Å². The molecular weight excluding hydrogens is 142 g/mol. The minimum atomic E-state index is 1.13. The third kappa shape index (κ3) is 0.926. The summed E-state index contributed by atoms with van der Waals surface area (Å²) in [6, 6.07) is 2.17. The lowest BCUT2D eigenvalue weighted by Gasteiger charge is -1.96. The number of thioether (sulfide) groups is 1. The Bertz CT molecular complexity index is 257. The standard InChI is InChI=1S/C8H9NS/c1-6-4-8-7(5-9-6)2-3-10-8/h4-5H,2-3H2,1H3. The lowest BCUT2D eigenvalue weighted by molar-refractivity contribution is 1.06. The number of pyridine rings is 1. The molecule has 0 atom stereocenters. The van der Waals surface area contributed by atoms with Gasteiger partial charge in [0.15, 0.2) is 0 Å². The number of aromatic nitrogens is 1. The molecule has 52 valence electrons. The predicted molar refractivity (Wildman–Crippen MR) is 43.4 cm³/mol. The van der Waals surface area contributed by atoms with Crippen LogP contribution in [0.25, 0.3) is 0 Å². The predicted octanol–water partition coefficient (Wildman–Crippen LogP) is 2.04. The molecule has 2 heterocycles. The summed E-state index contributed by atoms with van der Waals surface area (Å²) in [4.78, 5) is 5.67. The summed E-state index contributed by atoms with van der Waals surface area (Å²) in [5.41, 5.74) is 2.56. The zero-order valence-corrected chi connectivity index (χ0v) is 6.74. The van der Waals surface area contributed by atoms with Gasteiger partial charge in [-0.3, -0.25) is 4.98 Å². The van der Waals surface area contributed by atoms with Gasteiger partial charge in [0.2, 0.25) is 0 Å². The second-order valence-electron chi connectivity index (χ2n) is 2.53. The number of rotatable bonds is 0. The number of aryl methyl sites for hydroxylation is 2. The van der Waals surface area contributed by atoms with Gasteiger partial charge in [-0.05, 0) is 25.0 Å². The first kappa shape index (κ1) is 6.23. The maximum Gasteiger partial charge on any atom is 0.0384 e. The fourth-order valence-corrected chi connectivity index (χ4v) is 2.29. The maximum absolute atomic E-state index is 4.24. The van der Waals surface area contributed by atoms with E-state index in [1.807, 2.05) is 24.9 Å². The van der Waals surface area contributed by atoms with Gasteiger partial charge < -0.3 is 0 Å². The summed E-state index contributed by atoms with van der Waals surface area (Å²) in [6.07, 6.45) is 3.21. The minimum absolute atomic E-state index is 1.13. The van der Waals surface area contributed by atoms with Crippen molar-refractivity contribution in [2.24, 2.45) is 0 Å². The highest BCUT2D eigenvalue weighted by Crippen LogP contribution is 2.30. The molecule has 1 aromatic heterocycles. The first-order valence-corrected chi connectivity index (χ1v) is 4.43. The molecule has 1 nitrogen and oxygen atoms in total. The largest absolute Gasteiger partial charge is 0.261 e. The maximum atomic E-state index is 4.24. The van der Waals surface area contributed by atoms with Gasteiger partial charge >= 0.3 is 0 Å². The first-order chi connectivity index (χ1) is 4.86. The Morgan fingerprint density at radius 3 is 3.40 bits per heavy atom. The molecule has 0 aliphatic carbocycles. The fraction of sp³-hybridized carbons (Fsp3) is 0.375. The van der Waals surface area contributed by atoms with Crippen LogP contribution in [0.4, 0.5) is 0 Å². The first-order valence-electron chi connectivity index (χ1n) is 3.44. The second kappa shape index (κ2) is 2.27. The SMILES string of the molecule is Cc1cc2c(cn1)CCS2. The van der Waals surface area contributed by atoms with E-state index >= 15 is 0 Å². The quantitative estimate of drug-likeness (QED) is 0.562. The monoisotopic (exact) mass is 151 g/mol. The van der Waals surface area contributed by atoms with Gasteiger partial charge in [-0.15, -0.1) is 11.8 Å². The van der Waals surface area contributed by atoms with E-state index in [0.29, 0.717) is 0 Å². The van der Waals surface area contributed by atoms with E-state index in [1.54, 1.807) is 0 Å². The van der Waals surface area contributed by atoms with E-state index in [0.717, 1.165) is 5.69 Å². The van der Waals surface area contributed by atoms with Crippen LogP contribution in [-0.2, 0) is 6.42 Å². The van der Waals surface area contributed by atoms with Crippen molar-refractivity contribution in [1.29, 1.82) is 0 Å². The minimum Gasteiger partial charge on any atom is -0.261 e. The van der Waals surface area contributed by atoms with E-state index in [9.17, 15) is 0 Å². The third-order valence-electron chi connectivity index (χ3n) is 1.71. The van der Waals surface area contributed by atoms with Crippen LogP contribution in [0.2, 0.25) is 0 Å². The van der Waals surface area contributed by atoms with Gasteiger partial charge in [0.25, 0.3) is 0 Å². The number of nitrogens with zero attached hydrogens (tertiary/aromatic N) is 1. The number of hydrogen-bond donors (Lipinski definition) is 0. The molecule has 10 heavy (non-hydrogen) atoms. The van der Waals surface area contributed by atoms with Crippen molar-refractivity contribution in [2.75, 3.05) is 5.75 Å². The van der Waals surface area contributed by atoms with Crippen molar-refractivity contribution in [3.8, 4) is 0 Å². The molecular formula is C8H9NS. The lowest BCUT2D eigenvalue weighted by Crippen LogP contribution is -1.84. The van der Waals surface area contributed by atoms with E-state index in [1.165, 1.54) is 22.6 Å². The highest BCUT2D eigenvalue weighted by Gasteiger charge is 2.10. The van der Waals surface area contributed by atoms with Crippen LogP contribution < -0.4 is 0 Å². The lowest BCUT2D eigenvalue weighted by atomic mass is 10.2. The van der Waals surface area contributed by atoms with Crippen LogP contribution in [0.5, 0.6) is 0 Å². The molecule has 0 bridgehead atoms. The molecule has 0 fully saturated rings. The molecule has 0 spiro atoms. The van der Waals surface area contributed by atoms with Crippen LogP contribution >= 0.6 is 11.8 Å². The third-order valence-corrected chi connectivity index (χ3v) is 2.81. The number of hydrogen-bond acceptors (Lipinski definition) is 2. The Hall–Kier alpha value is -0.500. The number of fused-ring (bicyclic) bond motifs is 1. The molecule has 1 aliphatic rings. The summed E-state index contributed by atoms with van der Waals surface area (Å²) in [5, 5.41) is 0. The molecule has 0 aromatic carbocycles. The summed E-state index contributed by atoms with van der Waals surface area (Å²) >= 11 is 1.94. The van der Waals surface area contributed by atoms with Crippen LogP contribution in [0.1, 0.15) is 11.3 Å². The molecule has 0 radical (unpaired) electrons. The van der Waals surface area contributed by atoms with E-state index < -0.39 is 0 Å². The Kier molecular flexibility index (Phi) is 1.42. The van der Waals surface area contributed by atoms with Gasteiger partial charge in [-0.1, -0.05) is 0 Å². The van der Waals surface area contributed by atoms with Crippen LogP contribution in [0, 0.1) is 6.92 Å². The van der Waals surface area contributed by atoms with Crippen LogP contribution in [-0.4, -0.2) is 10.7 Å². The fourth-order valence-electron chi connectivity index (χ4n) is 1.16. The smallest absolute Gasteiger partial charge is 0.0384 e. The zero-order chi connectivity index (χ0) is 6.97. The normalized spacial score (nSPS) is 15.3. The zero-order valence-electron chi connectivity index (χ0n) is 5.92. The van der Waals surface area contributed by atoms with Crippen LogP contribution in [0.3, 0.4) is 0 Å². The summed E-state index contributed by atoms with van der Waals surface area (Å²) < 4.78 is 0. The van der Waals surface area contributed by atoms with Gasteiger partial charge in [0, 0.05) is 22.5 Å². The second-order valence-corrected chi connectivity index (χ2v) is 3.67. The van der Waals surface area contributed by atoms with Crippen molar-refractivity contribution in [3.05, 3.63) is 23.5 Å². The molecule has 2 heteroatoms. The van der Waals surface area contributed by atoms with Crippen LogP contribution in [0.15, 0.2) is 17.2 Å². The summed E-state index contributed by atoms with van der Waals surface area (Å²) in [7, 11) is 0. The summed E-state index contributed by atoms with van der Waals surface area (Å²) in [6.45, 7) is 2.04. The molecule has 0 saturated heterocycles. The molecule has 1 aliphatic heterocycles. The van der Waals surface area contributed by atoms with Crippen molar-refractivity contribution in [2.45, 2.75) is 18.2 Å². The van der Waals surface area contributed by atoms with Crippen molar-refractivity contribution in [3.63, 3.8) is 0 Å². The molecule has 1 aromatic rings. The van der Waals surface area contributed by atoms with Crippen molar-refractivity contribution < 1.29 is 0 Å². The van der Waals surface area contributed by atoms with Gasteiger partial charge in [-0.2, -0.15) is 0 Å². The Morgan fingerprint density at radius 2 is 2.50 bits per heavy atom. The molecule has 0 unspecified atom stereocenters. The van der Waals surface area contributed by atoms with E-state index in [4.69, 9.17) is 0 Å². The van der Waals surface area contributed by atoms with Gasteiger partial charge in [0.05, 0.1) is 0 Å². The highest BCUT2D eigenvalue weighted by molar-refractivity contribution is 7.99. The van der Waals surface area contributed by atoms with Gasteiger partial charge in [0.1, 0.15) is 0 Å². The molecule has 0 amide bonds. The molecule has 0 N–H and O–H groups in total. The Morgan fingerprint density at radius 1 is 1.60 bits per heavy atom. The average molecular weight is 151 g/mol. The highest BCUT2D eigenvalue weighted by atomic mass is 32.2. The topological polar surface area (TPSA) is 12.9 Å². The van der Waals surface area contributed by atoms with Crippen molar-refractivity contribution >= 4 is 11.8 Å². The Labute approximate surface area is 64.9 Å². The summed E-state index contributed by atoms with van der Waals surface area (Å²) in [5.74, 6) is 1.24. The van der Waals surface area contributed by atoms with Crippen molar-refractivity contribution in [1.82, 2.24) is 4.98 Å². The average Bonchev–Trinajstić information content (AvgIpc) is 2.33. The Balaban J connectivity index is 2.52. The molecule has 0 saturated carbocycles. The van der Waals surface area contributed by atoms with Gasteiger partial charge in [-0.25, -0.2) is 0 Å². The van der Waals surface area contributed by atoms with E-state index in [-0.39, 0.29) is 0 Å². The molecule has 2 rings (SSSR count).